The Morgan fingerprint density at radius 3 is 2.87 bits per heavy atom. The van der Waals surface area contributed by atoms with Crippen molar-refractivity contribution < 1.29 is 9.53 Å². The first-order valence-corrected chi connectivity index (χ1v) is 13.5. The number of para-hydroxylation sites is 1. The topological polar surface area (TPSA) is 88.8 Å². The van der Waals surface area contributed by atoms with E-state index in [0.717, 1.165) is 50.3 Å². The number of ether oxygens (including phenoxy) is 1. The quantitative estimate of drug-likeness (QED) is 0.496. The fourth-order valence-corrected chi connectivity index (χ4v) is 5.95. The summed E-state index contributed by atoms with van der Waals surface area (Å²) in [5, 5.41) is 9.44. The second kappa shape index (κ2) is 11.4. The molecule has 2 aromatic rings. The van der Waals surface area contributed by atoms with Gasteiger partial charge in [-0.15, -0.1) is 0 Å². The molecule has 1 saturated heterocycles. The first-order valence-electron chi connectivity index (χ1n) is 13.5. The van der Waals surface area contributed by atoms with Gasteiger partial charge in [0.15, 0.2) is 0 Å². The summed E-state index contributed by atoms with van der Waals surface area (Å²) >= 11 is 0. The van der Waals surface area contributed by atoms with Crippen LogP contribution < -0.4 is 14.5 Å². The van der Waals surface area contributed by atoms with Gasteiger partial charge in [0.2, 0.25) is 5.91 Å². The van der Waals surface area contributed by atoms with Crippen molar-refractivity contribution in [3.05, 3.63) is 53.7 Å². The largest absolute Gasteiger partial charge is 0.462 e. The Balaban J connectivity index is 1.43. The summed E-state index contributed by atoms with van der Waals surface area (Å²) < 4.78 is 6.05. The van der Waals surface area contributed by atoms with E-state index >= 15 is 0 Å². The number of carbonyl (C=O) groups is 1. The molecular formula is C29H37N7O2. The zero-order valence-corrected chi connectivity index (χ0v) is 22.5. The van der Waals surface area contributed by atoms with Crippen LogP contribution in [0.4, 0.5) is 11.5 Å². The Labute approximate surface area is 225 Å². The van der Waals surface area contributed by atoms with Crippen LogP contribution in [0.1, 0.15) is 29.7 Å². The van der Waals surface area contributed by atoms with Gasteiger partial charge in [0.25, 0.3) is 0 Å². The van der Waals surface area contributed by atoms with Gasteiger partial charge >= 0.3 is 6.01 Å². The molecule has 1 aromatic carbocycles. The molecular weight excluding hydrogens is 478 g/mol. The first-order chi connectivity index (χ1) is 18.5. The maximum absolute atomic E-state index is 12.4. The number of piperazine rings is 1. The maximum atomic E-state index is 12.4. The molecule has 2 aliphatic heterocycles. The summed E-state index contributed by atoms with van der Waals surface area (Å²) in [6, 6.07) is 11.6. The number of anilines is 2. The third-order valence-electron chi connectivity index (χ3n) is 7.91. The predicted octanol–water partition coefficient (Wildman–Crippen LogP) is 2.45. The van der Waals surface area contributed by atoms with Crippen molar-refractivity contribution in [3.63, 3.8) is 0 Å². The van der Waals surface area contributed by atoms with Crippen LogP contribution in [0.3, 0.4) is 0 Å². The first kappa shape index (κ1) is 26.0. The zero-order valence-electron chi connectivity index (χ0n) is 22.5. The molecule has 0 saturated carbocycles. The summed E-state index contributed by atoms with van der Waals surface area (Å²) in [6.07, 6.45) is 5.46. The van der Waals surface area contributed by atoms with Crippen LogP contribution in [-0.2, 0) is 24.1 Å². The van der Waals surface area contributed by atoms with Crippen LogP contribution in [0.25, 0.3) is 0 Å². The fourth-order valence-electron chi connectivity index (χ4n) is 5.95. The Morgan fingerprint density at radius 2 is 2.08 bits per heavy atom. The molecule has 0 spiro atoms. The van der Waals surface area contributed by atoms with Crippen molar-refractivity contribution >= 4 is 17.4 Å². The molecule has 0 bridgehead atoms. The molecule has 1 amide bonds. The third kappa shape index (κ3) is 5.32. The SMILES string of the molecule is C=CC(=O)N1CCN(c2nc(OCCN(C)C)nc3c2CCC(N2CCc4ccccc42)C3)CC1CC#N. The van der Waals surface area contributed by atoms with Crippen LogP contribution in [0.2, 0.25) is 0 Å². The number of carbonyl (C=O) groups excluding carboxylic acids is 1. The van der Waals surface area contributed by atoms with Gasteiger partial charge in [-0.3, -0.25) is 4.79 Å². The van der Waals surface area contributed by atoms with Gasteiger partial charge in [0.05, 0.1) is 24.2 Å². The maximum Gasteiger partial charge on any atom is 0.318 e. The second-order valence-electron chi connectivity index (χ2n) is 10.6. The molecule has 0 radical (unpaired) electrons. The molecule has 0 N–H and O–H groups in total. The Hall–Kier alpha value is -3.64. The number of nitriles is 1. The zero-order chi connectivity index (χ0) is 26.6. The molecule has 1 aromatic heterocycles. The van der Waals surface area contributed by atoms with Crippen molar-refractivity contribution in [1.82, 2.24) is 19.8 Å². The standard InChI is InChI=1S/C29H37N7O2/c1-4-27(37)36-16-15-34(20-23(36)11-13-30)28-24-10-9-22(35-14-12-21-7-5-6-8-26(21)35)19-25(24)31-29(32-28)38-18-17-33(2)3/h4-8,22-23H,1,9-12,14-20H2,2-3H3. The van der Waals surface area contributed by atoms with E-state index in [4.69, 9.17) is 14.7 Å². The van der Waals surface area contributed by atoms with Crippen LogP contribution in [0, 0.1) is 11.3 Å². The van der Waals surface area contributed by atoms with Gasteiger partial charge in [-0.2, -0.15) is 15.2 Å². The van der Waals surface area contributed by atoms with Crippen LogP contribution in [0.5, 0.6) is 6.01 Å². The van der Waals surface area contributed by atoms with Gasteiger partial charge in [0.1, 0.15) is 12.4 Å². The minimum atomic E-state index is -0.208. The smallest absolute Gasteiger partial charge is 0.318 e. The average Bonchev–Trinajstić information content (AvgIpc) is 3.36. The molecule has 1 fully saturated rings. The molecule has 3 aliphatic rings. The van der Waals surface area contributed by atoms with Crippen molar-refractivity contribution in [1.29, 1.82) is 5.26 Å². The number of fused-ring (bicyclic) bond motifs is 2. The number of aromatic nitrogens is 2. The van der Waals surface area contributed by atoms with Crippen LogP contribution in [-0.4, -0.2) is 91.2 Å². The summed E-state index contributed by atoms with van der Waals surface area (Å²) in [4.78, 5) is 30.9. The molecule has 200 valence electrons. The van der Waals surface area contributed by atoms with Gasteiger partial charge in [-0.25, -0.2) is 0 Å². The number of benzene rings is 1. The predicted molar refractivity (Wildman–Crippen MR) is 148 cm³/mol. The molecule has 2 atom stereocenters. The number of hydrogen-bond acceptors (Lipinski definition) is 8. The van der Waals surface area contributed by atoms with E-state index in [-0.39, 0.29) is 18.4 Å². The highest BCUT2D eigenvalue weighted by atomic mass is 16.5. The lowest BCUT2D eigenvalue weighted by atomic mass is 9.90. The molecule has 3 heterocycles. The van der Waals surface area contributed by atoms with E-state index < -0.39 is 0 Å². The van der Waals surface area contributed by atoms with Crippen molar-refractivity contribution in [2.24, 2.45) is 0 Å². The van der Waals surface area contributed by atoms with Gasteiger partial charge in [-0.1, -0.05) is 24.8 Å². The normalized spacial score (nSPS) is 20.6. The number of nitrogens with zero attached hydrogens (tertiary/aromatic N) is 7. The minimum absolute atomic E-state index is 0.129. The molecule has 5 rings (SSSR count). The second-order valence-corrected chi connectivity index (χ2v) is 10.6. The highest BCUT2D eigenvalue weighted by molar-refractivity contribution is 5.87. The van der Waals surface area contributed by atoms with Gasteiger partial charge < -0.3 is 24.3 Å². The van der Waals surface area contributed by atoms with Crippen molar-refractivity contribution in [3.8, 4) is 12.1 Å². The van der Waals surface area contributed by atoms with Gasteiger partial charge in [0, 0.05) is 56.4 Å². The molecule has 9 nitrogen and oxygen atoms in total. The fraction of sp³-hybridized carbons (Fsp3) is 0.517. The molecule has 38 heavy (non-hydrogen) atoms. The lowest BCUT2D eigenvalue weighted by Gasteiger charge is -2.42. The third-order valence-corrected chi connectivity index (χ3v) is 7.91. The number of hydrogen-bond donors (Lipinski definition) is 0. The van der Waals surface area contributed by atoms with Gasteiger partial charge in [-0.05, 0) is 51.1 Å². The van der Waals surface area contributed by atoms with E-state index in [9.17, 15) is 10.1 Å². The molecule has 9 heteroatoms. The Bertz CT molecular complexity index is 1220. The van der Waals surface area contributed by atoms with Crippen LogP contribution in [0.15, 0.2) is 36.9 Å². The molecule has 2 unspecified atom stereocenters. The lowest BCUT2D eigenvalue weighted by molar-refractivity contribution is -0.128. The number of likely N-dealkylation sites (N-methyl/N-ethyl adjacent to an activating group) is 1. The van der Waals surface area contributed by atoms with E-state index in [2.05, 4.69) is 51.6 Å². The molecule has 1 aliphatic carbocycles. The summed E-state index contributed by atoms with van der Waals surface area (Å²) in [5.41, 5.74) is 5.00. The summed E-state index contributed by atoms with van der Waals surface area (Å²) in [6.45, 7) is 7.68. The van der Waals surface area contributed by atoms with E-state index in [1.165, 1.54) is 22.9 Å². The number of amides is 1. The number of rotatable bonds is 8. The highest BCUT2D eigenvalue weighted by Crippen LogP contribution is 2.37. The monoisotopic (exact) mass is 515 g/mol. The lowest BCUT2D eigenvalue weighted by Crippen LogP contribution is -2.55. The minimum Gasteiger partial charge on any atom is -0.462 e. The highest BCUT2D eigenvalue weighted by Gasteiger charge is 2.35. The summed E-state index contributed by atoms with van der Waals surface area (Å²) in [7, 11) is 4.03. The van der Waals surface area contributed by atoms with Crippen LogP contribution >= 0.6 is 0 Å². The van der Waals surface area contributed by atoms with E-state index in [0.29, 0.717) is 38.3 Å². The Kier molecular flexibility index (Phi) is 7.79. The Morgan fingerprint density at radius 1 is 1.24 bits per heavy atom. The van der Waals surface area contributed by atoms with E-state index in [1.807, 2.05) is 14.1 Å². The van der Waals surface area contributed by atoms with Crippen molar-refractivity contribution in [2.45, 2.75) is 44.2 Å². The average molecular weight is 516 g/mol. The van der Waals surface area contributed by atoms with E-state index in [1.54, 1.807) is 4.90 Å². The van der Waals surface area contributed by atoms with Crippen molar-refractivity contribution in [2.75, 3.05) is 63.2 Å². The summed E-state index contributed by atoms with van der Waals surface area (Å²) in [5.74, 6) is 0.764.